The molecule has 1 amide bonds. The summed E-state index contributed by atoms with van der Waals surface area (Å²) in [5.74, 6) is 1.14. The van der Waals surface area contributed by atoms with Crippen molar-refractivity contribution < 1.29 is 14.3 Å². The first-order chi connectivity index (χ1) is 14.6. The maximum Gasteiger partial charge on any atom is 0.267 e. The van der Waals surface area contributed by atoms with Gasteiger partial charge < -0.3 is 14.8 Å². The Labute approximate surface area is 174 Å². The van der Waals surface area contributed by atoms with E-state index in [0.29, 0.717) is 31.2 Å². The van der Waals surface area contributed by atoms with Gasteiger partial charge in [-0.1, -0.05) is 0 Å². The van der Waals surface area contributed by atoms with Gasteiger partial charge in [-0.25, -0.2) is 4.68 Å². The Hall–Kier alpha value is -3.68. The molecule has 2 aromatic heterocycles. The van der Waals surface area contributed by atoms with E-state index >= 15 is 0 Å². The van der Waals surface area contributed by atoms with Crippen LogP contribution in [-0.4, -0.2) is 40.4 Å². The van der Waals surface area contributed by atoms with Crippen LogP contribution in [0.5, 0.6) is 11.5 Å². The predicted molar refractivity (Wildman–Crippen MR) is 113 cm³/mol. The predicted octanol–water partition coefficient (Wildman–Crippen LogP) is 2.46. The molecule has 0 aliphatic rings. The molecule has 3 rings (SSSR count). The lowest BCUT2D eigenvalue weighted by Gasteiger charge is -2.15. The second-order valence-corrected chi connectivity index (χ2v) is 6.46. The molecule has 0 bridgehead atoms. The summed E-state index contributed by atoms with van der Waals surface area (Å²) in [7, 11) is 0. The van der Waals surface area contributed by atoms with Crippen LogP contribution in [0.3, 0.4) is 0 Å². The minimum Gasteiger partial charge on any atom is -0.494 e. The Morgan fingerprint density at radius 2 is 1.83 bits per heavy atom. The van der Waals surface area contributed by atoms with Crippen LogP contribution >= 0.6 is 0 Å². The SMILES string of the molecule is CCOc1ccc(OCCNC(=O)C(C)n2nc(-c3cccnc3)ccc2=O)cc1. The number of carbonyl (C=O) groups is 1. The zero-order chi connectivity index (χ0) is 21.3. The number of pyridine rings is 1. The van der Waals surface area contributed by atoms with Crippen molar-refractivity contribution in [3.63, 3.8) is 0 Å². The highest BCUT2D eigenvalue weighted by Gasteiger charge is 2.17. The topological polar surface area (TPSA) is 95.3 Å². The molecule has 30 heavy (non-hydrogen) atoms. The number of nitrogens with zero attached hydrogens (tertiary/aromatic N) is 3. The molecule has 8 heteroatoms. The van der Waals surface area contributed by atoms with Crippen molar-refractivity contribution in [1.82, 2.24) is 20.1 Å². The lowest BCUT2D eigenvalue weighted by molar-refractivity contribution is -0.124. The number of benzene rings is 1. The number of hydrogen-bond donors (Lipinski definition) is 1. The van der Waals surface area contributed by atoms with E-state index in [2.05, 4.69) is 15.4 Å². The quantitative estimate of drug-likeness (QED) is 0.547. The smallest absolute Gasteiger partial charge is 0.267 e. The van der Waals surface area contributed by atoms with E-state index in [-0.39, 0.29) is 11.5 Å². The van der Waals surface area contributed by atoms with Gasteiger partial charge in [0.1, 0.15) is 24.1 Å². The molecule has 3 aromatic rings. The third kappa shape index (κ3) is 5.44. The summed E-state index contributed by atoms with van der Waals surface area (Å²) in [6.07, 6.45) is 3.31. The average molecular weight is 408 g/mol. The molecular formula is C22H24N4O4. The number of ether oxygens (including phenoxy) is 2. The Balaban J connectivity index is 1.55. The molecule has 1 unspecified atom stereocenters. The van der Waals surface area contributed by atoms with Crippen molar-refractivity contribution in [3.8, 4) is 22.8 Å². The normalized spacial score (nSPS) is 11.5. The lowest BCUT2D eigenvalue weighted by Crippen LogP contribution is -2.38. The third-order valence-corrected chi connectivity index (χ3v) is 4.33. The minimum atomic E-state index is -0.764. The summed E-state index contributed by atoms with van der Waals surface area (Å²) in [6.45, 7) is 4.75. The van der Waals surface area contributed by atoms with Crippen molar-refractivity contribution >= 4 is 5.91 Å². The maximum atomic E-state index is 12.5. The van der Waals surface area contributed by atoms with Crippen LogP contribution in [-0.2, 0) is 4.79 Å². The number of hydrogen-bond acceptors (Lipinski definition) is 6. The monoisotopic (exact) mass is 408 g/mol. The van der Waals surface area contributed by atoms with E-state index in [1.165, 1.54) is 10.7 Å². The highest BCUT2D eigenvalue weighted by atomic mass is 16.5. The summed E-state index contributed by atoms with van der Waals surface area (Å²) in [5.41, 5.74) is 0.986. The van der Waals surface area contributed by atoms with Crippen LogP contribution in [0, 0.1) is 0 Å². The van der Waals surface area contributed by atoms with Gasteiger partial charge in [0.2, 0.25) is 5.91 Å². The molecule has 2 heterocycles. The fraction of sp³-hybridized carbons (Fsp3) is 0.273. The first-order valence-corrected chi connectivity index (χ1v) is 9.72. The molecule has 1 N–H and O–H groups in total. The van der Waals surface area contributed by atoms with Crippen LogP contribution in [0.1, 0.15) is 19.9 Å². The van der Waals surface area contributed by atoms with E-state index in [1.807, 2.05) is 37.3 Å². The first-order valence-electron chi connectivity index (χ1n) is 9.72. The second-order valence-electron chi connectivity index (χ2n) is 6.46. The van der Waals surface area contributed by atoms with Gasteiger partial charge in [-0.15, -0.1) is 0 Å². The fourth-order valence-corrected chi connectivity index (χ4v) is 2.77. The number of carbonyl (C=O) groups excluding carboxylic acids is 1. The second kappa shape index (κ2) is 10.2. The Morgan fingerprint density at radius 1 is 1.10 bits per heavy atom. The molecule has 0 fully saturated rings. The van der Waals surface area contributed by atoms with Crippen molar-refractivity contribution in [1.29, 1.82) is 0 Å². The van der Waals surface area contributed by atoms with Gasteiger partial charge in [0.05, 0.1) is 18.8 Å². The van der Waals surface area contributed by atoms with Gasteiger partial charge in [-0.05, 0) is 56.3 Å². The van der Waals surface area contributed by atoms with Gasteiger partial charge in [-0.2, -0.15) is 5.10 Å². The molecule has 8 nitrogen and oxygen atoms in total. The van der Waals surface area contributed by atoms with E-state index in [9.17, 15) is 9.59 Å². The maximum absolute atomic E-state index is 12.5. The lowest BCUT2D eigenvalue weighted by atomic mass is 10.2. The van der Waals surface area contributed by atoms with Crippen molar-refractivity contribution in [3.05, 3.63) is 71.3 Å². The number of rotatable bonds is 9. The summed E-state index contributed by atoms with van der Waals surface area (Å²) in [5, 5.41) is 7.09. The first kappa shape index (κ1) is 21.0. The third-order valence-electron chi connectivity index (χ3n) is 4.33. The molecule has 0 aliphatic carbocycles. The van der Waals surface area contributed by atoms with Gasteiger partial charge in [-0.3, -0.25) is 14.6 Å². The highest BCUT2D eigenvalue weighted by molar-refractivity contribution is 5.79. The average Bonchev–Trinajstić information content (AvgIpc) is 2.78. The highest BCUT2D eigenvalue weighted by Crippen LogP contribution is 2.17. The van der Waals surface area contributed by atoms with Crippen LogP contribution in [0.25, 0.3) is 11.3 Å². The van der Waals surface area contributed by atoms with Crippen molar-refractivity contribution in [2.75, 3.05) is 19.8 Å². The van der Waals surface area contributed by atoms with Crippen LogP contribution in [0.15, 0.2) is 65.7 Å². The van der Waals surface area contributed by atoms with Gasteiger partial charge >= 0.3 is 0 Å². The number of amides is 1. The molecule has 0 radical (unpaired) electrons. The molecule has 0 aliphatic heterocycles. The van der Waals surface area contributed by atoms with E-state index < -0.39 is 6.04 Å². The summed E-state index contributed by atoms with van der Waals surface area (Å²) < 4.78 is 12.2. The van der Waals surface area contributed by atoms with Crippen LogP contribution < -0.4 is 20.3 Å². The Morgan fingerprint density at radius 3 is 2.50 bits per heavy atom. The molecule has 156 valence electrons. The molecule has 1 atom stereocenters. The Bertz CT molecular complexity index is 1020. The molecule has 0 saturated carbocycles. The van der Waals surface area contributed by atoms with Gasteiger partial charge in [0, 0.05) is 24.0 Å². The molecule has 0 saturated heterocycles. The number of aromatic nitrogens is 3. The Kier molecular flexibility index (Phi) is 7.15. The van der Waals surface area contributed by atoms with E-state index in [0.717, 1.165) is 11.3 Å². The zero-order valence-corrected chi connectivity index (χ0v) is 16.9. The zero-order valence-electron chi connectivity index (χ0n) is 16.9. The van der Waals surface area contributed by atoms with Crippen molar-refractivity contribution in [2.45, 2.75) is 19.9 Å². The van der Waals surface area contributed by atoms with Gasteiger partial charge in [0.25, 0.3) is 5.56 Å². The number of nitrogens with one attached hydrogen (secondary N) is 1. The summed E-state index contributed by atoms with van der Waals surface area (Å²) in [6, 6.07) is 13.1. The van der Waals surface area contributed by atoms with E-state index in [4.69, 9.17) is 9.47 Å². The molecular weight excluding hydrogens is 384 g/mol. The van der Waals surface area contributed by atoms with Gasteiger partial charge in [0.15, 0.2) is 0 Å². The summed E-state index contributed by atoms with van der Waals surface area (Å²) >= 11 is 0. The molecule has 0 spiro atoms. The largest absolute Gasteiger partial charge is 0.494 e. The van der Waals surface area contributed by atoms with Crippen molar-refractivity contribution in [2.24, 2.45) is 0 Å². The minimum absolute atomic E-state index is 0.296. The van der Waals surface area contributed by atoms with Crippen LogP contribution in [0.2, 0.25) is 0 Å². The van der Waals surface area contributed by atoms with Crippen LogP contribution in [0.4, 0.5) is 0 Å². The standard InChI is InChI=1S/C22H24N4O4/c1-3-29-18-6-8-19(9-7-18)30-14-13-24-22(28)16(2)26-21(27)11-10-20(25-26)17-5-4-12-23-15-17/h4-12,15-16H,3,13-14H2,1-2H3,(H,24,28). The molecule has 1 aromatic carbocycles. The summed E-state index contributed by atoms with van der Waals surface area (Å²) in [4.78, 5) is 28.7. The fourth-order valence-electron chi connectivity index (χ4n) is 2.77. The van der Waals surface area contributed by atoms with E-state index in [1.54, 1.807) is 31.5 Å².